The van der Waals surface area contributed by atoms with Crippen LogP contribution in [0, 0.1) is 0 Å². The van der Waals surface area contributed by atoms with Gasteiger partial charge in [0, 0.05) is 6.54 Å². The Morgan fingerprint density at radius 1 is 0.941 bits per heavy atom. The molecule has 11 heteroatoms. The molecule has 2 aromatic carbocycles. The van der Waals surface area contributed by atoms with Gasteiger partial charge in [0.1, 0.15) is 33.2 Å². The fraction of sp³-hybridized carbons (Fsp3) is 0.391. The number of fused-ring (bicyclic) bond motifs is 1. The van der Waals surface area contributed by atoms with E-state index in [2.05, 4.69) is 4.98 Å². The summed E-state index contributed by atoms with van der Waals surface area (Å²) in [5.74, 6) is 0.460. The largest absolute Gasteiger partial charge is 0.497 e. The third-order valence-electron chi connectivity index (χ3n) is 5.15. The van der Waals surface area contributed by atoms with Gasteiger partial charge in [-0.3, -0.25) is 9.69 Å². The van der Waals surface area contributed by atoms with Gasteiger partial charge in [-0.25, -0.2) is 13.4 Å². The first kappa shape index (κ1) is 25.7. The lowest BCUT2D eigenvalue weighted by Crippen LogP contribution is -2.37. The van der Waals surface area contributed by atoms with Crippen LogP contribution in [0.1, 0.15) is 6.42 Å². The Morgan fingerprint density at radius 2 is 1.59 bits per heavy atom. The summed E-state index contributed by atoms with van der Waals surface area (Å²) in [6, 6.07) is 9.50. The van der Waals surface area contributed by atoms with Crippen molar-refractivity contribution in [2.24, 2.45) is 0 Å². The topological polar surface area (TPSA) is 98.3 Å². The maximum Gasteiger partial charge on any atom is 0.244 e. The average molecular weight is 508 g/mol. The third-order valence-corrected chi connectivity index (χ3v) is 7.86. The highest BCUT2D eigenvalue weighted by Gasteiger charge is 2.27. The zero-order chi connectivity index (χ0) is 24.9. The summed E-state index contributed by atoms with van der Waals surface area (Å²) >= 11 is 1.26. The minimum Gasteiger partial charge on any atom is -0.497 e. The molecule has 9 nitrogen and oxygen atoms in total. The molecule has 0 atom stereocenters. The number of carbonyl (C=O) groups is 1. The van der Waals surface area contributed by atoms with Gasteiger partial charge in [-0.05, 0) is 63.5 Å². The quantitative estimate of drug-likeness (QED) is 0.391. The van der Waals surface area contributed by atoms with Gasteiger partial charge in [0.15, 0.2) is 15.0 Å². The van der Waals surface area contributed by atoms with Crippen molar-refractivity contribution in [3.8, 4) is 17.2 Å². The monoisotopic (exact) mass is 507 g/mol. The fourth-order valence-corrected chi connectivity index (χ4v) is 5.68. The minimum atomic E-state index is -3.86. The Bertz CT molecular complexity index is 1200. The molecule has 34 heavy (non-hydrogen) atoms. The number of aromatic nitrogens is 1. The number of hydrogen-bond donors (Lipinski definition) is 0. The molecule has 0 aliphatic carbocycles. The Kier molecular flexibility index (Phi) is 8.34. The maximum absolute atomic E-state index is 13.3. The summed E-state index contributed by atoms with van der Waals surface area (Å²) in [5, 5.41) is 0.395. The summed E-state index contributed by atoms with van der Waals surface area (Å²) in [5.41, 5.74) is 0.560. The molecule has 0 saturated heterocycles. The van der Waals surface area contributed by atoms with Crippen LogP contribution in [0.3, 0.4) is 0 Å². The van der Waals surface area contributed by atoms with Crippen LogP contribution in [0.25, 0.3) is 10.2 Å². The first-order chi connectivity index (χ1) is 16.2. The number of hydrogen-bond acceptors (Lipinski definition) is 9. The molecule has 0 radical (unpaired) electrons. The van der Waals surface area contributed by atoms with Gasteiger partial charge in [-0.2, -0.15) is 0 Å². The average Bonchev–Trinajstić information content (AvgIpc) is 3.25. The van der Waals surface area contributed by atoms with Crippen LogP contribution in [0.5, 0.6) is 17.2 Å². The van der Waals surface area contributed by atoms with Crippen molar-refractivity contribution in [2.45, 2.75) is 11.3 Å². The Hall–Kier alpha value is -2.89. The van der Waals surface area contributed by atoms with Crippen LogP contribution in [0.15, 0.2) is 41.3 Å². The van der Waals surface area contributed by atoms with Gasteiger partial charge in [0.05, 0.1) is 26.2 Å². The number of amides is 1. The molecule has 0 aliphatic rings. The van der Waals surface area contributed by atoms with Crippen LogP contribution in [-0.4, -0.2) is 78.5 Å². The number of sulfone groups is 1. The van der Waals surface area contributed by atoms with E-state index in [0.29, 0.717) is 40.9 Å². The standard InChI is InChI=1S/C23H29N3O6S2/c1-25(2)13-6-14-26(20(27)15-34(28,29)17-9-7-16(30-3)8-10-17)23-24-21-18(31-4)11-12-19(32-5)22(21)33-23/h7-12H,6,13-15H2,1-5H3. The van der Waals surface area contributed by atoms with Gasteiger partial charge in [-0.1, -0.05) is 11.3 Å². The number of thiazole rings is 1. The van der Waals surface area contributed by atoms with E-state index in [0.717, 1.165) is 11.2 Å². The van der Waals surface area contributed by atoms with Crippen LogP contribution >= 0.6 is 11.3 Å². The number of ether oxygens (including phenoxy) is 3. The van der Waals surface area contributed by atoms with Gasteiger partial charge >= 0.3 is 0 Å². The molecular weight excluding hydrogens is 478 g/mol. The summed E-state index contributed by atoms with van der Waals surface area (Å²) in [7, 11) is 4.61. The molecule has 1 aromatic heterocycles. The third kappa shape index (κ3) is 5.78. The molecule has 0 spiro atoms. The highest BCUT2D eigenvalue weighted by Crippen LogP contribution is 2.40. The smallest absolute Gasteiger partial charge is 0.244 e. The first-order valence-electron chi connectivity index (χ1n) is 10.5. The number of methoxy groups -OCH3 is 3. The number of carbonyl (C=O) groups excluding carboxylic acids is 1. The van der Waals surface area contributed by atoms with E-state index < -0.39 is 21.5 Å². The van der Waals surface area contributed by atoms with E-state index in [1.807, 2.05) is 19.0 Å². The zero-order valence-corrected chi connectivity index (χ0v) is 21.5. The summed E-state index contributed by atoms with van der Waals surface area (Å²) in [6.07, 6.45) is 0.644. The van der Waals surface area contributed by atoms with Gasteiger partial charge in [-0.15, -0.1) is 0 Å². The highest BCUT2D eigenvalue weighted by atomic mass is 32.2. The Morgan fingerprint density at radius 3 is 2.18 bits per heavy atom. The molecule has 0 saturated carbocycles. The number of rotatable bonds is 11. The molecule has 0 aliphatic heterocycles. The summed E-state index contributed by atoms with van der Waals surface area (Å²) in [6.45, 7) is 1.05. The van der Waals surface area contributed by atoms with Crippen molar-refractivity contribution in [1.82, 2.24) is 9.88 Å². The van der Waals surface area contributed by atoms with Crippen molar-refractivity contribution in [3.63, 3.8) is 0 Å². The molecule has 1 amide bonds. The van der Waals surface area contributed by atoms with Crippen molar-refractivity contribution in [2.75, 3.05) is 59.2 Å². The van der Waals surface area contributed by atoms with E-state index in [4.69, 9.17) is 14.2 Å². The molecule has 3 aromatic rings. The van der Waals surface area contributed by atoms with E-state index in [-0.39, 0.29) is 4.90 Å². The minimum absolute atomic E-state index is 0.0579. The Balaban J connectivity index is 1.96. The molecule has 0 unspecified atom stereocenters. The van der Waals surface area contributed by atoms with E-state index in [9.17, 15) is 13.2 Å². The predicted molar refractivity (Wildman–Crippen MR) is 133 cm³/mol. The Labute approximate surface area is 203 Å². The number of anilines is 1. The van der Waals surface area contributed by atoms with E-state index in [1.54, 1.807) is 38.5 Å². The molecule has 184 valence electrons. The van der Waals surface area contributed by atoms with Crippen molar-refractivity contribution < 1.29 is 27.4 Å². The number of nitrogens with zero attached hydrogens (tertiary/aromatic N) is 3. The van der Waals surface area contributed by atoms with Gasteiger partial charge < -0.3 is 19.1 Å². The molecule has 0 fully saturated rings. The second-order valence-electron chi connectivity index (χ2n) is 7.78. The lowest BCUT2D eigenvalue weighted by molar-refractivity contribution is -0.116. The van der Waals surface area contributed by atoms with E-state index >= 15 is 0 Å². The lowest BCUT2D eigenvalue weighted by atomic mass is 10.3. The van der Waals surface area contributed by atoms with E-state index in [1.165, 1.54) is 35.5 Å². The molecule has 0 bridgehead atoms. The van der Waals surface area contributed by atoms with Crippen LogP contribution in [-0.2, 0) is 14.6 Å². The van der Waals surface area contributed by atoms with Crippen molar-refractivity contribution in [3.05, 3.63) is 36.4 Å². The SMILES string of the molecule is COc1ccc(S(=O)(=O)CC(=O)N(CCCN(C)C)c2nc3c(OC)ccc(OC)c3s2)cc1. The zero-order valence-electron chi connectivity index (χ0n) is 19.9. The normalized spacial score (nSPS) is 11.6. The number of benzene rings is 2. The predicted octanol–water partition coefficient (Wildman–Crippen LogP) is 3.08. The highest BCUT2D eigenvalue weighted by molar-refractivity contribution is 7.92. The molecule has 1 heterocycles. The molecule has 0 N–H and O–H groups in total. The second kappa shape index (κ2) is 11.0. The van der Waals surface area contributed by atoms with Crippen molar-refractivity contribution in [1.29, 1.82) is 0 Å². The maximum atomic E-state index is 13.3. The van der Waals surface area contributed by atoms with Crippen LogP contribution in [0.4, 0.5) is 5.13 Å². The first-order valence-corrected chi connectivity index (χ1v) is 13.0. The van der Waals surface area contributed by atoms with Crippen LogP contribution < -0.4 is 19.1 Å². The fourth-order valence-electron chi connectivity index (χ4n) is 3.37. The van der Waals surface area contributed by atoms with Gasteiger partial charge in [0.25, 0.3) is 0 Å². The van der Waals surface area contributed by atoms with Crippen molar-refractivity contribution >= 4 is 42.4 Å². The summed E-state index contributed by atoms with van der Waals surface area (Å²) in [4.78, 5) is 21.5. The van der Waals surface area contributed by atoms with Gasteiger partial charge in [0.2, 0.25) is 5.91 Å². The summed E-state index contributed by atoms with van der Waals surface area (Å²) < 4.78 is 42.6. The molecular formula is C23H29N3O6S2. The van der Waals surface area contributed by atoms with Crippen LogP contribution in [0.2, 0.25) is 0 Å². The second-order valence-corrected chi connectivity index (χ2v) is 10.7. The molecule has 3 rings (SSSR count). The lowest BCUT2D eigenvalue weighted by Gasteiger charge is -2.21.